The average molecular weight is 307 g/mol. The Kier molecular flexibility index (Phi) is 7.66. The molecule has 0 saturated carbocycles. The van der Waals surface area contributed by atoms with Gasteiger partial charge in [0.05, 0.1) is 10.5 Å². The molecule has 1 amide bonds. The van der Waals surface area contributed by atoms with E-state index in [9.17, 15) is 13.2 Å². The second-order valence-electron chi connectivity index (χ2n) is 3.88. The molecule has 0 aromatic heterocycles. The molecule has 2 N–H and O–H groups in total. The third-order valence-corrected chi connectivity index (χ3v) is 3.52. The normalized spacial score (nSPS) is 10.6. The summed E-state index contributed by atoms with van der Waals surface area (Å²) in [5.74, 6) is -0.367. The highest BCUT2D eigenvalue weighted by atomic mass is 35.5. The van der Waals surface area contributed by atoms with Gasteiger partial charge >= 0.3 is 0 Å². The fourth-order valence-electron chi connectivity index (χ4n) is 1.51. The molecular formula is C12H19ClN2O3S. The van der Waals surface area contributed by atoms with E-state index in [-0.39, 0.29) is 28.8 Å². The Hall–Kier alpha value is -1.11. The van der Waals surface area contributed by atoms with E-state index >= 15 is 0 Å². The summed E-state index contributed by atoms with van der Waals surface area (Å²) >= 11 is 0. The first-order valence-electron chi connectivity index (χ1n) is 5.74. The van der Waals surface area contributed by atoms with E-state index in [1.165, 1.54) is 12.1 Å². The van der Waals surface area contributed by atoms with Gasteiger partial charge in [0.25, 0.3) is 5.91 Å². The first-order chi connectivity index (χ1) is 8.46. The Morgan fingerprint density at radius 3 is 2.42 bits per heavy atom. The van der Waals surface area contributed by atoms with E-state index in [0.29, 0.717) is 13.1 Å². The number of sulfone groups is 1. The summed E-state index contributed by atoms with van der Waals surface area (Å²) in [5, 5.41) is 5.75. The average Bonchev–Trinajstić information content (AvgIpc) is 2.33. The molecule has 0 aliphatic rings. The van der Waals surface area contributed by atoms with E-state index in [1.807, 2.05) is 6.92 Å². The molecule has 0 saturated heterocycles. The Labute approximate surface area is 120 Å². The Balaban J connectivity index is 0.00000324. The summed E-state index contributed by atoms with van der Waals surface area (Å²) in [6, 6.07) is 6.20. The van der Waals surface area contributed by atoms with Gasteiger partial charge < -0.3 is 10.6 Å². The van der Waals surface area contributed by atoms with Crippen LogP contribution in [0.15, 0.2) is 29.2 Å². The van der Waals surface area contributed by atoms with Gasteiger partial charge in [-0.05, 0) is 18.7 Å². The number of hydrogen-bond acceptors (Lipinski definition) is 4. The minimum Gasteiger partial charge on any atom is -0.351 e. The zero-order valence-corrected chi connectivity index (χ0v) is 12.6. The molecule has 0 heterocycles. The molecule has 7 heteroatoms. The summed E-state index contributed by atoms with van der Waals surface area (Å²) in [6.45, 7) is 3.92. The third-order valence-electron chi connectivity index (χ3n) is 2.37. The van der Waals surface area contributed by atoms with Crippen LogP contribution in [0.3, 0.4) is 0 Å². The number of carbonyl (C=O) groups excluding carboxylic acids is 1. The van der Waals surface area contributed by atoms with E-state index < -0.39 is 9.84 Å². The van der Waals surface area contributed by atoms with Crippen LogP contribution in [0.1, 0.15) is 17.3 Å². The SMILES string of the molecule is CCNCCNC(=O)c1ccccc1S(C)(=O)=O.Cl. The largest absolute Gasteiger partial charge is 0.351 e. The van der Waals surface area contributed by atoms with Crippen LogP contribution in [-0.2, 0) is 9.84 Å². The van der Waals surface area contributed by atoms with Gasteiger partial charge in [0.1, 0.15) is 0 Å². The summed E-state index contributed by atoms with van der Waals surface area (Å²) < 4.78 is 23.1. The fourth-order valence-corrected chi connectivity index (χ4v) is 2.40. The fraction of sp³-hybridized carbons (Fsp3) is 0.417. The first kappa shape index (κ1) is 17.9. The lowest BCUT2D eigenvalue weighted by molar-refractivity contribution is 0.0950. The summed E-state index contributed by atoms with van der Waals surface area (Å²) in [6.07, 6.45) is 1.09. The maximum Gasteiger partial charge on any atom is 0.252 e. The van der Waals surface area contributed by atoms with Crippen LogP contribution in [0.25, 0.3) is 0 Å². The predicted octanol–water partition coefficient (Wildman–Crippen LogP) is 0.851. The molecule has 0 unspecified atom stereocenters. The molecule has 19 heavy (non-hydrogen) atoms. The number of likely N-dealkylation sites (N-methyl/N-ethyl adjacent to an activating group) is 1. The molecule has 1 aromatic carbocycles. The number of nitrogens with one attached hydrogen (secondary N) is 2. The molecule has 0 radical (unpaired) electrons. The number of rotatable bonds is 6. The van der Waals surface area contributed by atoms with Crippen LogP contribution in [0.2, 0.25) is 0 Å². The van der Waals surface area contributed by atoms with Crippen LogP contribution in [0, 0.1) is 0 Å². The molecule has 0 aliphatic heterocycles. The smallest absolute Gasteiger partial charge is 0.252 e. The zero-order valence-electron chi connectivity index (χ0n) is 11.0. The van der Waals surface area contributed by atoms with Crippen molar-refractivity contribution in [2.24, 2.45) is 0 Å². The molecule has 0 aliphatic carbocycles. The zero-order chi connectivity index (χ0) is 13.6. The van der Waals surface area contributed by atoms with E-state index in [2.05, 4.69) is 10.6 Å². The second kappa shape index (κ2) is 8.14. The monoisotopic (exact) mass is 306 g/mol. The van der Waals surface area contributed by atoms with Gasteiger partial charge in [-0.25, -0.2) is 8.42 Å². The van der Waals surface area contributed by atoms with Crippen molar-refractivity contribution in [3.05, 3.63) is 29.8 Å². The van der Waals surface area contributed by atoms with Crippen LogP contribution in [0.5, 0.6) is 0 Å². The number of carbonyl (C=O) groups is 1. The van der Waals surface area contributed by atoms with Gasteiger partial charge in [0.2, 0.25) is 0 Å². The number of halogens is 1. The van der Waals surface area contributed by atoms with Gasteiger partial charge in [-0.3, -0.25) is 4.79 Å². The quantitative estimate of drug-likeness (QED) is 0.764. The summed E-state index contributed by atoms with van der Waals surface area (Å²) in [5.41, 5.74) is 0.191. The second-order valence-corrected chi connectivity index (χ2v) is 5.86. The minimum absolute atomic E-state index is 0. The van der Waals surface area contributed by atoms with Crippen molar-refractivity contribution in [3.63, 3.8) is 0 Å². The Morgan fingerprint density at radius 1 is 1.21 bits per heavy atom. The summed E-state index contributed by atoms with van der Waals surface area (Å²) in [7, 11) is -3.39. The highest BCUT2D eigenvalue weighted by Crippen LogP contribution is 2.14. The Bertz CT molecular complexity index is 517. The van der Waals surface area contributed by atoms with E-state index in [4.69, 9.17) is 0 Å². The van der Waals surface area contributed by atoms with Crippen molar-refractivity contribution >= 4 is 28.2 Å². The lowest BCUT2D eigenvalue weighted by Gasteiger charge is -2.08. The maximum absolute atomic E-state index is 11.9. The van der Waals surface area contributed by atoms with Gasteiger partial charge in [-0.1, -0.05) is 19.1 Å². The number of amides is 1. The molecule has 1 rings (SSSR count). The standard InChI is InChI=1S/C12H18N2O3S.ClH/c1-3-13-8-9-14-12(15)10-6-4-5-7-11(10)18(2,16)17;/h4-7,13H,3,8-9H2,1-2H3,(H,14,15);1H. The van der Waals surface area contributed by atoms with Crippen molar-refractivity contribution < 1.29 is 13.2 Å². The van der Waals surface area contributed by atoms with Crippen molar-refractivity contribution in [3.8, 4) is 0 Å². The molecule has 0 fully saturated rings. The highest BCUT2D eigenvalue weighted by molar-refractivity contribution is 7.90. The molecule has 108 valence electrons. The first-order valence-corrected chi connectivity index (χ1v) is 7.64. The van der Waals surface area contributed by atoms with Gasteiger partial charge in [0, 0.05) is 19.3 Å². The molecule has 5 nitrogen and oxygen atoms in total. The minimum atomic E-state index is -3.39. The molecule has 0 bridgehead atoms. The van der Waals surface area contributed by atoms with Crippen LogP contribution < -0.4 is 10.6 Å². The number of benzene rings is 1. The third kappa shape index (κ3) is 5.59. The molecule has 0 atom stereocenters. The van der Waals surface area contributed by atoms with Gasteiger partial charge in [-0.2, -0.15) is 0 Å². The van der Waals surface area contributed by atoms with Crippen molar-refractivity contribution in [1.29, 1.82) is 0 Å². The van der Waals surface area contributed by atoms with Crippen LogP contribution in [0.4, 0.5) is 0 Å². The number of hydrogen-bond donors (Lipinski definition) is 2. The van der Waals surface area contributed by atoms with Crippen molar-refractivity contribution in [2.45, 2.75) is 11.8 Å². The predicted molar refractivity (Wildman–Crippen MR) is 77.7 cm³/mol. The Morgan fingerprint density at radius 2 is 1.84 bits per heavy atom. The van der Waals surface area contributed by atoms with Crippen LogP contribution >= 0.6 is 12.4 Å². The van der Waals surface area contributed by atoms with E-state index in [0.717, 1.165) is 12.8 Å². The maximum atomic E-state index is 11.9. The molecule has 1 aromatic rings. The topological polar surface area (TPSA) is 75.3 Å². The molecular weight excluding hydrogens is 288 g/mol. The lowest BCUT2D eigenvalue weighted by atomic mass is 10.2. The van der Waals surface area contributed by atoms with Crippen molar-refractivity contribution in [1.82, 2.24) is 10.6 Å². The van der Waals surface area contributed by atoms with E-state index in [1.54, 1.807) is 12.1 Å². The lowest BCUT2D eigenvalue weighted by Crippen LogP contribution is -2.32. The van der Waals surface area contributed by atoms with Gasteiger partial charge in [0.15, 0.2) is 9.84 Å². The molecule has 0 spiro atoms. The van der Waals surface area contributed by atoms with Crippen molar-refractivity contribution in [2.75, 3.05) is 25.9 Å². The highest BCUT2D eigenvalue weighted by Gasteiger charge is 2.17. The summed E-state index contributed by atoms with van der Waals surface area (Å²) in [4.78, 5) is 11.9. The van der Waals surface area contributed by atoms with Crippen LogP contribution in [-0.4, -0.2) is 40.2 Å². The van der Waals surface area contributed by atoms with Gasteiger partial charge in [-0.15, -0.1) is 12.4 Å².